The molecule has 0 aromatic heterocycles. The Morgan fingerprint density at radius 3 is 2.88 bits per heavy atom. The van der Waals surface area contributed by atoms with Gasteiger partial charge in [0.1, 0.15) is 0 Å². The first kappa shape index (κ1) is 11.4. The molecule has 0 aliphatic heterocycles. The number of esters is 1. The molecule has 2 unspecified atom stereocenters. The van der Waals surface area contributed by atoms with E-state index in [-0.39, 0.29) is 5.97 Å². The van der Waals surface area contributed by atoms with Crippen LogP contribution in [-0.4, -0.2) is 13.1 Å². The van der Waals surface area contributed by atoms with Crippen LogP contribution in [0.25, 0.3) is 0 Å². The van der Waals surface area contributed by atoms with Crippen molar-refractivity contribution in [3.8, 4) is 0 Å². The molecule has 0 aromatic carbocycles. The molecule has 2 fully saturated rings. The molecule has 0 spiro atoms. The van der Waals surface area contributed by atoms with E-state index in [4.69, 9.17) is 4.74 Å². The Hall–Kier alpha value is -1.05. The number of ether oxygens (including phenoxy) is 1. The van der Waals surface area contributed by atoms with Gasteiger partial charge in [0, 0.05) is 5.57 Å². The molecule has 2 heteroatoms. The van der Waals surface area contributed by atoms with E-state index in [1.807, 2.05) is 0 Å². The van der Waals surface area contributed by atoms with E-state index in [1.54, 1.807) is 6.08 Å². The summed E-state index contributed by atoms with van der Waals surface area (Å²) in [7, 11) is 1.46. The molecular weight excluding hydrogens is 200 g/mol. The lowest BCUT2D eigenvalue weighted by molar-refractivity contribution is -0.136. The van der Waals surface area contributed by atoms with Crippen LogP contribution in [0, 0.1) is 11.8 Å². The van der Waals surface area contributed by atoms with Gasteiger partial charge < -0.3 is 4.74 Å². The first-order valence-electron chi connectivity index (χ1n) is 6.19. The van der Waals surface area contributed by atoms with Gasteiger partial charge in [0.2, 0.25) is 0 Å². The summed E-state index contributed by atoms with van der Waals surface area (Å²) < 4.78 is 4.86. The lowest BCUT2D eigenvalue weighted by atomic mass is 9.61. The van der Waals surface area contributed by atoms with Crippen LogP contribution in [-0.2, 0) is 9.53 Å². The molecule has 0 radical (unpaired) electrons. The van der Waals surface area contributed by atoms with Crippen LogP contribution in [0.3, 0.4) is 0 Å². The summed E-state index contributed by atoms with van der Waals surface area (Å²) in [5.74, 6) is 1.36. The molecule has 2 atom stereocenters. The van der Waals surface area contributed by atoms with E-state index in [0.29, 0.717) is 12.3 Å². The van der Waals surface area contributed by atoms with Gasteiger partial charge >= 0.3 is 5.97 Å². The van der Waals surface area contributed by atoms with Gasteiger partial charge in [-0.3, -0.25) is 0 Å². The minimum absolute atomic E-state index is 0.154. The molecule has 2 aliphatic rings. The summed E-state index contributed by atoms with van der Waals surface area (Å²) in [4.78, 5) is 11.7. The highest BCUT2D eigenvalue weighted by atomic mass is 16.5. The standard InChI is InChI=1S/C14H20O2/c1-3-6-12(14(15)16-2)13-9-10-7-4-5-8-11(10)13/h3,10-11H,1,4-9H2,2H3/b13-12-. The Morgan fingerprint density at radius 2 is 2.25 bits per heavy atom. The van der Waals surface area contributed by atoms with Gasteiger partial charge in [0.05, 0.1) is 7.11 Å². The number of hydrogen-bond acceptors (Lipinski definition) is 2. The van der Waals surface area contributed by atoms with Crippen molar-refractivity contribution in [3.63, 3.8) is 0 Å². The first-order chi connectivity index (χ1) is 7.77. The Balaban J connectivity index is 2.17. The SMILES string of the molecule is C=CC/C(C(=O)OC)=C1\CC2CCCCC12. The molecule has 2 aliphatic carbocycles. The zero-order chi connectivity index (χ0) is 11.5. The summed E-state index contributed by atoms with van der Waals surface area (Å²) in [6.07, 6.45) is 8.86. The summed E-state index contributed by atoms with van der Waals surface area (Å²) in [6.45, 7) is 3.72. The molecule has 0 bridgehead atoms. The van der Waals surface area contributed by atoms with Crippen molar-refractivity contribution in [2.45, 2.75) is 38.5 Å². The molecule has 88 valence electrons. The Labute approximate surface area is 97.4 Å². The monoisotopic (exact) mass is 220 g/mol. The zero-order valence-electron chi connectivity index (χ0n) is 10.00. The molecule has 2 rings (SSSR count). The number of fused-ring (bicyclic) bond motifs is 1. The summed E-state index contributed by atoms with van der Waals surface area (Å²) in [6, 6.07) is 0. The molecule has 0 aromatic rings. The molecular formula is C14H20O2. The van der Waals surface area contributed by atoms with E-state index < -0.39 is 0 Å². The van der Waals surface area contributed by atoms with Crippen molar-refractivity contribution >= 4 is 5.97 Å². The Morgan fingerprint density at radius 1 is 1.50 bits per heavy atom. The fraction of sp³-hybridized carbons (Fsp3) is 0.643. The number of methoxy groups -OCH3 is 1. The van der Waals surface area contributed by atoms with Crippen molar-refractivity contribution < 1.29 is 9.53 Å². The van der Waals surface area contributed by atoms with Crippen molar-refractivity contribution in [2.24, 2.45) is 11.8 Å². The fourth-order valence-corrected chi connectivity index (χ4v) is 3.14. The number of hydrogen-bond donors (Lipinski definition) is 0. The van der Waals surface area contributed by atoms with Crippen molar-refractivity contribution in [1.82, 2.24) is 0 Å². The van der Waals surface area contributed by atoms with Crippen molar-refractivity contribution in [3.05, 3.63) is 23.8 Å². The molecule has 0 amide bonds. The van der Waals surface area contributed by atoms with Gasteiger partial charge in [0.15, 0.2) is 0 Å². The van der Waals surface area contributed by atoms with Crippen LogP contribution in [0.1, 0.15) is 38.5 Å². The minimum Gasteiger partial charge on any atom is -0.466 e. The van der Waals surface area contributed by atoms with E-state index >= 15 is 0 Å². The molecule has 0 heterocycles. The predicted molar refractivity (Wildman–Crippen MR) is 63.9 cm³/mol. The molecule has 0 saturated heterocycles. The second-order valence-electron chi connectivity index (χ2n) is 4.84. The number of rotatable bonds is 3. The third-order valence-corrected chi connectivity index (χ3v) is 4.01. The van der Waals surface area contributed by atoms with Crippen molar-refractivity contribution in [2.75, 3.05) is 7.11 Å². The largest absolute Gasteiger partial charge is 0.466 e. The molecule has 16 heavy (non-hydrogen) atoms. The van der Waals surface area contributed by atoms with Gasteiger partial charge in [-0.25, -0.2) is 4.79 Å². The minimum atomic E-state index is -0.154. The summed E-state index contributed by atoms with van der Waals surface area (Å²) >= 11 is 0. The topological polar surface area (TPSA) is 26.3 Å². The molecule has 2 nitrogen and oxygen atoms in total. The Bertz CT molecular complexity index is 328. The Kier molecular flexibility index (Phi) is 3.47. The summed E-state index contributed by atoms with van der Waals surface area (Å²) in [5.41, 5.74) is 2.23. The van der Waals surface area contributed by atoms with Crippen LogP contribution in [0.2, 0.25) is 0 Å². The lowest BCUT2D eigenvalue weighted by Crippen LogP contribution is -2.34. The maximum absolute atomic E-state index is 11.7. The summed E-state index contributed by atoms with van der Waals surface area (Å²) in [5, 5.41) is 0. The first-order valence-corrected chi connectivity index (χ1v) is 6.19. The third-order valence-electron chi connectivity index (χ3n) is 4.01. The molecule has 2 saturated carbocycles. The highest BCUT2D eigenvalue weighted by Gasteiger charge is 2.39. The smallest absolute Gasteiger partial charge is 0.334 e. The predicted octanol–water partition coefficient (Wildman–Crippen LogP) is 3.24. The highest BCUT2D eigenvalue weighted by Crippen LogP contribution is 2.50. The number of carbonyl (C=O) groups excluding carboxylic acids is 1. The van der Waals surface area contributed by atoms with E-state index in [2.05, 4.69) is 6.58 Å². The third kappa shape index (κ3) is 1.93. The normalized spacial score (nSPS) is 31.1. The zero-order valence-corrected chi connectivity index (χ0v) is 10.00. The second-order valence-corrected chi connectivity index (χ2v) is 4.84. The maximum atomic E-state index is 11.7. The molecule has 0 N–H and O–H groups in total. The lowest BCUT2D eigenvalue weighted by Gasteiger charge is -2.44. The van der Waals surface area contributed by atoms with Gasteiger partial charge in [-0.05, 0) is 37.5 Å². The van der Waals surface area contributed by atoms with E-state index in [1.165, 1.54) is 38.4 Å². The quantitative estimate of drug-likeness (QED) is 0.414. The number of allylic oxidation sites excluding steroid dienone is 2. The van der Waals surface area contributed by atoms with Gasteiger partial charge in [-0.15, -0.1) is 6.58 Å². The van der Waals surface area contributed by atoms with Crippen LogP contribution in [0.5, 0.6) is 0 Å². The maximum Gasteiger partial charge on any atom is 0.334 e. The van der Waals surface area contributed by atoms with Crippen LogP contribution in [0.15, 0.2) is 23.8 Å². The van der Waals surface area contributed by atoms with Crippen LogP contribution in [0.4, 0.5) is 0 Å². The van der Waals surface area contributed by atoms with Crippen LogP contribution < -0.4 is 0 Å². The fourth-order valence-electron chi connectivity index (χ4n) is 3.14. The van der Waals surface area contributed by atoms with Crippen LogP contribution >= 0.6 is 0 Å². The van der Waals surface area contributed by atoms with E-state index in [0.717, 1.165) is 17.9 Å². The van der Waals surface area contributed by atoms with E-state index in [9.17, 15) is 4.79 Å². The number of carbonyl (C=O) groups is 1. The van der Waals surface area contributed by atoms with Gasteiger partial charge in [-0.1, -0.05) is 24.5 Å². The average Bonchev–Trinajstić information content (AvgIpc) is 2.28. The van der Waals surface area contributed by atoms with Gasteiger partial charge in [-0.2, -0.15) is 0 Å². The van der Waals surface area contributed by atoms with Gasteiger partial charge in [0.25, 0.3) is 0 Å². The average molecular weight is 220 g/mol. The highest BCUT2D eigenvalue weighted by molar-refractivity contribution is 5.90. The van der Waals surface area contributed by atoms with Crippen molar-refractivity contribution in [1.29, 1.82) is 0 Å². The second kappa shape index (κ2) is 4.86.